The maximum Gasteiger partial charge on any atom is 0.410 e. The molecule has 2 aromatic heterocycles. The van der Waals surface area contributed by atoms with Gasteiger partial charge in [0.05, 0.1) is 0 Å². The summed E-state index contributed by atoms with van der Waals surface area (Å²) >= 11 is 16.5. The number of ether oxygens (including phenoxy) is 1. The molecule has 5 aromatic rings. The highest BCUT2D eigenvalue weighted by atomic mass is 35.5. The molecule has 0 bridgehead atoms. The number of anilines is 3. The molecule has 18 nitrogen and oxygen atoms in total. The Labute approximate surface area is 472 Å². The molecule has 3 saturated heterocycles. The fourth-order valence-electron chi connectivity index (χ4n) is 8.36. The molecule has 3 aliphatic carbocycles. The Morgan fingerprint density at radius 3 is 1.44 bits per heavy atom. The predicted octanol–water partition coefficient (Wildman–Crippen LogP) is 10.9. The average Bonchev–Trinajstić information content (AvgIpc) is 4.28. The first-order valence-corrected chi connectivity index (χ1v) is 27.4. The third kappa shape index (κ3) is 19.9. The summed E-state index contributed by atoms with van der Waals surface area (Å²) in [5, 5.41) is 27.8. The molecule has 0 spiro atoms. The number of benzene rings is 3. The van der Waals surface area contributed by atoms with Crippen LogP contribution in [0.1, 0.15) is 93.7 Å². The smallest absolute Gasteiger partial charge is 0.410 e. The van der Waals surface area contributed by atoms with Gasteiger partial charge in [0.15, 0.2) is 21.3 Å². The molecule has 0 atom stereocenters. The number of carbonyl (C=O) groups excluding carboxylic acids is 4. The largest absolute Gasteiger partial charge is 0.444 e. The molecule has 4 N–H and O–H groups in total. The molecule has 422 valence electrons. The number of nitrogens with one attached hydrogen (secondary N) is 4. The van der Waals surface area contributed by atoms with Crippen LogP contribution in [0.4, 0.5) is 50.4 Å². The highest BCUT2D eigenvalue weighted by Gasteiger charge is 2.29. The first kappa shape index (κ1) is 60.0. The van der Waals surface area contributed by atoms with Crippen molar-refractivity contribution in [2.45, 2.75) is 82.7 Å². The van der Waals surface area contributed by atoms with E-state index < -0.39 is 5.82 Å². The Morgan fingerprint density at radius 2 is 1.04 bits per heavy atom. The molecule has 3 aliphatic heterocycles. The van der Waals surface area contributed by atoms with Gasteiger partial charge in [-0.05, 0) is 154 Å². The van der Waals surface area contributed by atoms with Crippen molar-refractivity contribution < 1.29 is 37.1 Å². The number of piperazine rings is 3. The van der Waals surface area contributed by atoms with E-state index in [1.54, 1.807) is 57.2 Å². The fourth-order valence-corrected chi connectivity index (χ4v) is 8.66. The van der Waals surface area contributed by atoms with Crippen LogP contribution in [0.25, 0.3) is 0 Å². The summed E-state index contributed by atoms with van der Waals surface area (Å²) in [5.74, 6) is 1.11. The second kappa shape index (κ2) is 29.0. The Balaban J connectivity index is 0.000000151. The van der Waals surface area contributed by atoms with Gasteiger partial charge < -0.3 is 45.6 Å². The zero-order chi connectivity index (χ0) is 56.5. The van der Waals surface area contributed by atoms with Gasteiger partial charge in [-0.3, -0.25) is 0 Å². The standard InChI is InChI=1S/C18H19ClFN5O.C14H18FN3O.C10H8FNO.C9H18N2O2.C4H2Cl2N2/c19-16-5-6-17(23-22-16)24-7-9-25(10-8-24)18(26)21-13-3-4-14(12-1-2-12)15(20)11-13;15-13-9-11(3-4-12(13)10-1-2-10)17-14(19)18-7-5-16-6-8-18;11-9-5-8(7-1-2-7)3-4-10(9)12-6-13;1-9(2,3)13-8(12)11-6-4-10-5-7-11;5-3-1-2-4(6)8-7-3/h3-6,11-12H,1-2,7-10H2,(H,21,26);3-4,9-10,16H,1-2,5-8H2,(H,17,19);3-5,7H,1-2H2;10H,4-7H2,1-3H3;1-2H. The molecule has 11 rings (SSSR count). The van der Waals surface area contributed by atoms with E-state index in [9.17, 15) is 32.3 Å². The summed E-state index contributed by atoms with van der Waals surface area (Å²) in [6.45, 7) is 14.3. The van der Waals surface area contributed by atoms with E-state index in [1.807, 2.05) is 32.9 Å². The van der Waals surface area contributed by atoms with E-state index in [4.69, 9.17) is 39.5 Å². The third-order valence-corrected chi connectivity index (χ3v) is 13.6. The average molecular weight is 1150 g/mol. The lowest BCUT2D eigenvalue weighted by Crippen LogP contribution is -2.50. The highest BCUT2D eigenvalue weighted by Crippen LogP contribution is 2.43. The summed E-state index contributed by atoms with van der Waals surface area (Å²) in [6, 6.07) is 21.1. The summed E-state index contributed by atoms with van der Waals surface area (Å²) in [7, 11) is 0. The number of halogens is 6. The summed E-state index contributed by atoms with van der Waals surface area (Å²) < 4.78 is 46.4. The van der Waals surface area contributed by atoms with Crippen LogP contribution in [0.15, 0.2) is 83.9 Å². The highest BCUT2D eigenvalue weighted by molar-refractivity contribution is 6.31. The van der Waals surface area contributed by atoms with Crippen molar-refractivity contribution in [3.8, 4) is 0 Å². The van der Waals surface area contributed by atoms with E-state index in [2.05, 4.69) is 51.6 Å². The Bertz CT molecular complexity index is 2850. The van der Waals surface area contributed by atoms with Crippen LogP contribution < -0.4 is 26.2 Å². The van der Waals surface area contributed by atoms with Gasteiger partial charge in [0.2, 0.25) is 6.08 Å². The van der Waals surface area contributed by atoms with Crippen molar-refractivity contribution >= 4 is 81.9 Å². The Morgan fingerprint density at radius 1 is 0.582 bits per heavy atom. The summed E-state index contributed by atoms with van der Waals surface area (Å²) in [4.78, 5) is 56.3. The number of aliphatic imine (C=N–C) groups is 1. The topological polar surface area (TPSA) is 203 Å². The summed E-state index contributed by atoms with van der Waals surface area (Å²) in [5.41, 5.74) is 3.23. The van der Waals surface area contributed by atoms with E-state index >= 15 is 0 Å². The van der Waals surface area contributed by atoms with Gasteiger partial charge in [0, 0.05) is 89.9 Å². The first-order valence-electron chi connectivity index (χ1n) is 26.3. The van der Waals surface area contributed by atoms with Crippen molar-refractivity contribution in [3.63, 3.8) is 0 Å². The number of carbonyl (C=O) groups is 3. The molecule has 6 aliphatic rings. The van der Waals surface area contributed by atoms with E-state index in [0.717, 1.165) is 100 Å². The number of hydrogen-bond acceptors (Lipinski definition) is 13. The lowest BCUT2D eigenvalue weighted by atomic mass is 10.1. The zero-order valence-corrected chi connectivity index (χ0v) is 46.6. The van der Waals surface area contributed by atoms with Gasteiger partial charge >= 0.3 is 18.2 Å². The SMILES string of the molecule is CC(C)(C)OC(=O)N1CCNCC1.Clc1ccc(Cl)nn1.O=C(Nc1ccc(C2CC2)c(F)c1)N1CCN(c2ccc(Cl)nn2)CC1.O=C(Nc1ccc(C2CC2)c(F)c1)N1CCNCC1.O=C=Nc1ccc(C2CC2)cc1F. The Kier molecular flexibility index (Phi) is 22.1. The van der Waals surface area contributed by atoms with Gasteiger partial charge in [-0.15, -0.1) is 20.4 Å². The van der Waals surface area contributed by atoms with E-state index in [1.165, 1.54) is 30.3 Å². The van der Waals surface area contributed by atoms with Crippen molar-refractivity contribution in [1.82, 2.24) is 45.7 Å². The number of rotatable bonds is 7. The lowest BCUT2D eigenvalue weighted by Gasteiger charge is -2.35. The monoisotopic (exact) mass is 1150 g/mol. The van der Waals surface area contributed by atoms with Crippen molar-refractivity contribution in [3.05, 3.63) is 128 Å². The van der Waals surface area contributed by atoms with E-state index in [0.29, 0.717) is 83.9 Å². The van der Waals surface area contributed by atoms with Gasteiger partial charge in [-0.25, -0.2) is 32.3 Å². The minimum Gasteiger partial charge on any atom is -0.444 e. The molecule has 24 heteroatoms. The number of aromatic nitrogens is 4. The number of isocyanates is 1. The third-order valence-electron chi connectivity index (χ3n) is 13.0. The molecule has 5 amide bonds. The first-order chi connectivity index (χ1) is 37.9. The minimum atomic E-state index is -0.437. The normalized spacial score (nSPS) is 16.8. The van der Waals surface area contributed by atoms with Gasteiger partial charge in [0.1, 0.15) is 28.7 Å². The zero-order valence-electron chi connectivity index (χ0n) is 44.3. The van der Waals surface area contributed by atoms with Crippen molar-refractivity contribution in [1.29, 1.82) is 0 Å². The molecule has 0 radical (unpaired) electrons. The van der Waals surface area contributed by atoms with Crippen LogP contribution >= 0.6 is 34.8 Å². The predicted molar refractivity (Wildman–Crippen MR) is 299 cm³/mol. The molecule has 0 unspecified atom stereocenters. The van der Waals surface area contributed by atoms with E-state index in [-0.39, 0.29) is 41.1 Å². The van der Waals surface area contributed by atoms with Crippen LogP contribution in [0, 0.1) is 17.5 Å². The van der Waals surface area contributed by atoms with Crippen LogP contribution in [0.3, 0.4) is 0 Å². The van der Waals surface area contributed by atoms with Gasteiger partial charge in [-0.2, -0.15) is 4.99 Å². The second-order valence-corrected chi connectivity index (χ2v) is 21.6. The maximum atomic E-state index is 14.1. The number of hydrogen-bond donors (Lipinski definition) is 4. The van der Waals surface area contributed by atoms with Crippen LogP contribution in [0.5, 0.6) is 0 Å². The van der Waals surface area contributed by atoms with Crippen LogP contribution in [-0.4, -0.2) is 143 Å². The molecular formula is C55H65Cl3F3N13O5. The molecule has 79 heavy (non-hydrogen) atoms. The molecule has 6 fully saturated rings. The van der Waals surface area contributed by atoms with Gasteiger partial charge in [0.25, 0.3) is 0 Å². The molecule has 5 heterocycles. The lowest BCUT2D eigenvalue weighted by molar-refractivity contribution is 0.0228. The minimum absolute atomic E-state index is 0.0689. The van der Waals surface area contributed by atoms with Crippen LogP contribution in [0.2, 0.25) is 15.5 Å². The summed E-state index contributed by atoms with van der Waals surface area (Å²) in [6.07, 6.45) is 7.63. The number of nitrogens with zero attached hydrogens (tertiary/aromatic N) is 9. The van der Waals surface area contributed by atoms with Gasteiger partial charge in [-0.1, -0.05) is 53.0 Å². The molecule has 3 aromatic carbocycles. The van der Waals surface area contributed by atoms with Crippen LogP contribution in [-0.2, 0) is 9.53 Å². The Hall–Kier alpha value is -6.61. The maximum absolute atomic E-state index is 14.1. The number of urea groups is 2. The van der Waals surface area contributed by atoms with Crippen molar-refractivity contribution in [2.24, 2.45) is 4.99 Å². The molecule has 3 saturated carbocycles. The quantitative estimate of drug-likeness (QED) is 0.0888. The molecular weight excluding hydrogens is 1090 g/mol. The second-order valence-electron chi connectivity index (χ2n) is 20.4. The number of amides is 5. The van der Waals surface area contributed by atoms with Crippen molar-refractivity contribution in [2.75, 3.05) is 94.1 Å². The fraction of sp³-hybridized carbons (Fsp3) is 0.455.